The van der Waals surface area contributed by atoms with Gasteiger partial charge in [0.2, 0.25) is 0 Å². The summed E-state index contributed by atoms with van der Waals surface area (Å²) in [5.74, 6) is 0. The molecule has 1 aromatic heterocycles. The van der Waals surface area contributed by atoms with Crippen LogP contribution in [0.15, 0.2) is 48.5 Å². The summed E-state index contributed by atoms with van der Waals surface area (Å²) in [6.45, 7) is 2.13. The largest absolute Gasteiger partial charge is 0.399 e. The zero-order valence-corrected chi connectivity index (χ0v) is 10.4. The maximum Gasteiger partial charge on any atom is 0.0355 e. The topological polar surface area (TPSA) is 26.0 Å². The van der Waals surface area contributed by atoms with Gasteiger partial charge in [-0.25, -0.2) is 0 Å². The number of hydrogen-bond acceptors (Lipinski definition) is 2. The van der Waals surface area contributed by atoms with E-state index in [0.29, 0.717) is 0 Å². The summed E-state index contributed by atoms with van der Waals surface area (Å²) in [4.78, 5) is 1.30. The van der Waals surface area contributed by atoms with E-state index in [1.165, 1.54) is 26.1 Å². The minimum atomic E-state index is 0.811. The van der Waals surface area contributed by atoms with Crippen LogP contribution in [0.25, 0.3) is 20.5 Å². The predicted octanol–water partition coefficient (Wildman–Crippen LogP) is 4.46. The monoisotopic (exact) mass is 239 g/mol. The highest BCUT2D eigenvalue weighted by Crippen LogP contribution is 2.34. The zero-order chi connectivity index (χ0) is 11.8. The van der Waals surface area contributed by atoms with Crippen molar-refractivity contribution in [1.29, 1.82) is 0 Å². The fourth-order valence-corrected chi connectivity index (χ4v) is 3.09. The molecule has 2 aromatic carbocycles. The third-order valence-electron chi connectivity index (χ3n) is 2.87. The third kappa shape index (κ3) is 1.92. The molecule has 0 fully saturated rings. The first-order chi connectivity index (χ1) is 8.22. The van der Waals surface area contributed by atoms with Gasteiger partial charge >= 0.3 is 0 Å². The maximum absolute atomic E-state index is 5.70. The van der Waals surface area contributed by atoms with E-state index < -0.39 is 0 Å². The summed E-state index contributed by atoms with van der Waals surface area (Å²) in [6, 6.07) is 16.9. The van der Waals surface area contributed by atoms with Gasteiger partial charge in [-0.3, -0.25) is 0 Å². The molecule has 0 saturated heterocycles. The molecule has 2 N–H and O–H groups in total. The van der Waals surface area contributed by atoms with Crippen molar-refractivity contribution in [2.45, 2.75) is 6.92 Å². The van der Waals surface area contributed by atoms with Crippen LogP contribution in [0.1, 0.15) is 5.56 Å². The number of anilines is 1. The van der Waals surface area contributed by atoms with Gasteiger partial charge in [0.05, 0.1) is 0 Å². The molecule has 0 radical (unpaired) electrons. The smallest absolute Gasteiger partial charge is 0.0355 e. The van der Waals surface area contributed by atoms with E-state index in [4.69, 9.17) is 5.73 Å². The Morgan fingerprint density at radius 2 is 1.71 bits per heavy atom. The molecule has 0 saturated carbocycles. The molecular formula is C15H13NS. The van der Waals surface area contributed by atoms with Crippen molar-refractivity contribution in [2.24, 2.45) is 0 Å². The summed E-state index contributed by atoms with van der Waals surface area (Å²) >= 11 is 1.83. The molecule has 0 atom stereocenters. The van der Waals surface area contributed by atoms with Crippen molar-refractivity contribution in [2.75, 3.05) is 5.73 Å². The highest BCUT2D eigenvalue weighted by Gasteiger charge is 2.04. The van der Waals surface area contributed by atoms with Crippen LogP contribution in [0.5, 0.6) is 0 Å². The van der Waals surface area contributed by atoms with Crippen LogP contribution >= 0.6 is 11.3 Å². The third-order valence-corrected chi connectivity index (χ3v) is 4.02. The first kappa shape index (κ1) is 10.4. The van der Waals surface area contributed by atoms with Gasteiger partial charge in [-0.05, 0) is 47.7 Å². The van der Waals surface area contributed by atoms with Crippen LogP contribution < -0.4 is 5.73 Å². The van der Waals surface area contributed by atoms with Crippen LogP contribution in [0.2, 0.25) is 0 Å². The van der Waals surface area contributed by atoms with E-state index in [9.17, 15) is 0 Å². The quantitative estimate of drug-likeness (QED) is 0.623. The van der Waals surface area contributed by atoms with Crippen LogP contribution in [0.4, 0.5) is 5.69 Å². The number of nitrogens with two attached hydrogens (primary N) is 1. The molecule has 0 aliphatic rings. The van der Waals surface area contributed by atoms with E-state index in [-0.39, 0.29) is 0 Å². The van der Waals surface area contributed by atoms with E-state index in [0.717, 1.165) is 5.69 Å². The normalized spacial score (nSPS) is 10.9. The average Bonchev–Trinajstić information content (AvgIpc) is 2.72. The minimum absolute atomic E-state index is 0.811. The average molecular weight is 239 g/mol. The van der Waals surface area contributed by atoms with Gasteiger partial charge in [0.15, 0.2) is 0 Å². The molecule has 0 aliphatic carbocycles. The lowest BCUT2D eigenvalue weighted by molar-refractivity contribution is 1.52. The maximum atomic E-state index is 5.70. The second-order valence-corrected chi connectivity index (χ2v) is 5.36. The first-order valence-electron chi connectivity index (χ1n) is 5.58. The van der Waals surface area contributed by atoms with E-state index in [1.807, 2.05) is 23.5 Å². The molecule has 84 valence electrons. The Balaban J connectivity index is 2.14. The lowest BCUT2D eigenvalue weighted by Crippen LogP contribution is -1.82. The van der Waals surface area contributed by atoms with Crippen molar-refractivity contribution >= 4 is 27.1 Å². The highest BCUT2D eigenvalue weighted by atomic mass is 32.1. The Labute approximate surface area is 105 Å². The molecule has 0 amide bonds. The van der Waals surface area contributed by atoms with E-state index in [1.54, 1.807) is 0 Å². The van der Waals surface area contributed by atoms with Crippen molar-refractivity contribution in [3.63, 3.8) is 0 Å². The lowest BCUT2D eigenvalue weighted by atomic mass is 10.1. The molecule has 2 heteroatoms. The molecule has 0 bridgehead atoms. The Morgan fingerprint density at radius 3 is 2.47 bits per heavy atom. The van der Waals surface area contributed by atoms with Crippen LogP contribution in [-0.4, -0.2) is 0 Å². The molecule has 0 aliphatic heterocycles. The van der Waals surface area contributed by atoms with Crippen molar-refractivity contribution in [3.8, 4) is 10.4 Å². The molecule has 17 heavy (non-hydrogen) atoms. The summed E-state index contributed by atoms with van der Waals surface area (Å²) in [5, 5.41) is 1.31. The number of rotatable bonds is 1. The summed E-state index contributed by atoms with van der Waals surface area (Å²) in [5.41, 5.74) is 9.06. The van der Waals surface area contributed by atoms with Crippen molar-refractivity contribution < 1.29 is 0 Å². The number of aryl methyl sites for hydroxylation is 1. The van der Waals surface area contributed by atoms with Gasteiger partial charge in [-0.2, -0.15) is 0 Å². The zero-order valence-electron chi connectivity index (χ0n) is 9.60. The number of hydrogen-bond donors (Lipinski definition) is 1. The number of benzene rings is 2. The second kappa shape index (κ2) is 3.90. The van der Waals surface area contributed by atoms with Gasteiger partial charge in [-0.1, -0.05) is 24.3 Å². The van der Waals surface area contributed by atoms with Crippen LogP contribution in [-0.2, 0) is 0 Å². The number of fused-ring (bicyclic) bond motifs is 1. The van der Waals surface area contributed by atoms with Crippen LogP contribution in [0.3, 0.4) is 0 Å². The predicted molar refractivity (Wildman–Crippen MR) is 76.4 cm³/mol. The number of thiophene rings is 1. The standard InChI is InChI=1S/C15H13NS/c1-10-2-3-12-9-15(17-14(12)8-10)11-4-6-13(16)7-5-11/h2-9H,16H2,1H3. The number of nitrogen functional groups attached to an aromatic ring is 1. The van der Waals surface area contributed by atoms with E-state index >= 15 is 0 Å². The molecule has 3 rings (SSSR count). The SMILES string of the molecule is Cc1ccc2cc(-c3ccc(N)cc3)sc2c1. The summed E-state index contributed by atoms with van der Waals surface area (Å²) in [6.07, 6.45) is 0. The molecular weight excluding hydrogens is 226 g/mol. The summed E-state index contributed by atoms with van der Waals surface area (Å²) in [7, 11) is 0. The highest BCUT2D eigenvalue weighted by molar-refractivity contribution is 7.22. The van der Waals surface area contributed by atoms with Gasteiger partial charge in [-0.15, -0.1) is 11.3 Å². The van der Waals surface area contributed by atoms with Crippen LogP contribution in [0, 0.1) is 6.92 Å². The Morgan fingerprint density at radius 1 is 0.941 bits per heavy atom. The Kier molecular flexibility index (Phi) is 2.37. The van der Waals surface area contributed by atoms with E-state index in [2.05, 4.69) is 43.3 Å². The minimum Gasteiger partial charge on any atom is -0.399 e. The molecule has 1 nitrogen and oxygen atoms in total. The Bertz CT molecular complexity index is 665. The molecule has 0 spiro atoms. The summed E-state index contributed by atoms with van der Waals surface area (Å²) < 4.78 is 1.34. The Hall–Kier alpha value is -1.80. The van der Waals surface area contributed by atoms with Gasteiger partial charge in [0.25, 0.3) is 0 Å². The molecule has 3 aromatic rings. The first-order valence-corrected chi connectivity index (χ1v) is 6.40. The molecule has 0 unspecified atom stereocenters. The van der Waals surface area contributed by atoms with Gasteiger partial charge in [0.1, 0.15) is 0 Å². The lowest BCUT2D eigenvalue weighted by Gasteiger charge is -1.96. The fourth-order valence-electron chi connectivity index (χ4n) is 1.93. The van der Waals surface area contributed by atoms with Gasteiger partial charge < -0.3 is 5.73 Å². The fraction of sp³-hybridized carbons (Fsp3) is 0.0667. The van der Waals surface area contributed by atoms with Crippen molar-refractivity contribution in [3.05, 3.63) is 54.1 Å². The second-order valence-electron chi connectivity index (χ2n) is 4.27. The molecule has 1 heterocycles. The van der Waals surface area contributed by atoms with Gasteiger partial charge in [0, 0.05) is 15.3 Å². The van der Waals surface area contributed by atoms with Crippen molar-refractivity contribution in [1.82, 2.24) is 0 Å².